The van der Waals surface area contributed by atoms with Crippen LogP contribution in [0.15, 0.2) is 72.8 Å². The van der Waals surface area contributed by atoms with Crippen molar-refractivity contribution in [2.24, 2.45) is 0 Å². The Morgan fingerprint density at radius 3 is 1.13 bits per heavy atom. The molecule has 0 N–H and O–H groups in total. The summed E-state index contributed by atoms with van der Waals surface area (Å²) in [6, 6.07) is 27.1. The molecule has 0 aliphatic heterocycles. The van der Waals surface area contributed by atoms with E-state index < -0.39 is 0 Å². The average molecular weight is 413 g/mol. The Morgan fingerprint density at radius 2 is 0.833 bits per heavy atom. The van der Waals surface area contributed by atoms with Crippen molar-refractivity contribution in [1.29, 1.82) is 0 Å². The van der Waals surface area contributed by atoms with Crippen molar-refractivity contribution in [2.75, 3.05) is 0 Å². The van der Waals surface area contributed by atoms with Gasteiger partial charge in [-0.3, -0.25) is 0 Å². The summed E-state index contributed by atoms with van der Waals surface area (Å²) < 4.78 is 0. The lowest BCUT2D eigenvalue weighted by molar-refractivity contribution is 0.577. The first-order valence-corrected chi connectivity index (χ1v) is 11.5. The van der Waals surface area contributed by atoms with Gasteiger partial charge in [0.05, 0.1) is 0 Å². The summed E-state index contributed by atoms with van der Waals surface area (Å²) >= 11 is 0. The molecule has 0 saturated heterocycles. The van der Waals surface area contributed by atoms with Crippen LogP contribution in [0.1, 0.15) is 69.5 Å². The van der Waals surface area contributed by atoms with E-state index in [0.717, 1.165) is 0 Å². The van der Waals surface area contributed by atoms with Crippen LogP contribution in [0.25, 0.3) is 21.5 Å². The number of benzene rings is 4. The van der Waals surface area contributed by atoms with Gasteiger partial charge < -0.3 is 0 Å². The van der Waals surface area contributed by atoms with Crippen molar-refractivity contribution < 1.29 is 0 Å². The summed E-state index contributed by atoms with van der Waals surface area (Å²) in [7, 11) is 3.17. The van der Waals surface area contributed by atoms with Crippen LogP contribution in [0.2, 0.25) is 0 Å². The molecule has 4 rings (SSSR count). The molecular formula is C29H33P. The van der Waals surface area contributed by atoms with Gasteiger partial charge in [-0.05, 0) is 66.8 Å². The Kier molecular flexibility index (Phi) is 5.27. The van der Waals surface area contributed by atoms with Gasteiger partial charge in [-0.1, -0.05) is 102 Å². The van der Waals surface area contributed by atoms with Gasteiger partial charge in [0, 0.05) is 5.66 Å². The highest BCUT2D eigenvalue weighted by Gasteiger charge is 2.27. The van der Waals surface area contributed by atoms with Crippen molar-refractivity contribution in [1.82, 2.24) is 0 Å². The molecule has 30 heavy (non-hydrogen) atoms. The van der Waals surface area contributed by atoms with Gasteiger partial charge in [-0.15, -0.1) is 9.24 Å². The highest BCUT2D eigenvalue weighted by atomic mass is 31.0. The Morgan fingerprint density at radius 1 is 0.533 bits per heavy atom. The third-order valence-electron chi connectivity index (χ3n) is 6.12. The number of hydrogen-bond donors (Lipinski definition) is 0. The second-order valence-electron chi connectivity index (χ2n) is 10.6. The lowest BCUT2D eigenvalue weighted by Gasteiger charge is -2.31. The molecular weight excluding hydrogens is 379 g/mol. The van der Waals surface area contributed by atoms with Gasteiger partial charge in [0.2, 0.25) is 0 Å². The number of hydrogen-bond acceptors (Lipinski definition) is 0. The summed E-state index contributed by atoms with van der Waals surface area (Å²) in [6.45, 7) is 13.9. The maximum Gasteiger partial charge on any atom is 0.0240 e. The number of fused-ring (bicyclic) bond motifs is 2. The topological polar surface area (TPSA) is 0 Å². The molecule has 0 aliphatic rings. The maximum atomic E-state index is 3.17. The standard InChI is InChI=1S/C29H33P/c1-28(2,3)25-17-21-13-9-7-11-19(21)15-23(25)27(30)24-16-20-12-8-10-14-22(20)18-26(24)29(4,5)6/h7-18,27H,30H2,1-6H3. The zero-order valence-corrected chi connectivity index (χ0v) is 20.2. The van der Waals surface area contributed by atoms with Crippen LogP contribution in [0.4, 0.5) is 0 Å². The molecule has 0 radical (unpaired) electrons. The monoisotopic (exact) mass is 412 g/mol. The SMILES string of the molecule is CC(C)(C)c1cc2ccccc2cc1C(P)c1cc2ccccc2cc1C(C)(C)C. The molecule has 154 valence electrons. The highest BCUT2D eigenvalue weighted by molar-refractivity contribution is 7.17. The van der Waals surface area contributed by atoms with Crippen LogP contribution in [-0.4, -0.2) is 0 Å². The first-order valence-electron chi connectivity index (χ1n) is 10.9. The van der Waals surface area contributed by atoms with E-state index in [2.05, 4.69) is 124 Å². The van der Waals surface area contributed by atoms with Crippen LogP contribution in [0.5, 0.6) is 0 Å². The van der Waals surface area contributed by atoms with E-state index in [1.54, 1.807) is 0 Å². The zero-order chi connectivity index (χ0) is 21.7. The second-order valence-corrected chi connectivity index (χ2v) is 11.2. The van der Waals surface area contributed by atoms with Crippen molar-refractivity contribution in [3.05, 3.63) is 95.1 Å². The summed E-state index contributed by atoms with van der Waals surface area (Å²) in [6.07, 6.45) is 0. The Hall–Kier alpha value is -2.17. The molecule has 0 fully saturated rings. The minimum absolute atomic E-state index is 0.0763. The second kappa shape index (κ2) is 7.51. The van der Waals surface area contributed by atoms with Crippen LogP contribution in [0, 0.1) is 0 Å². The van der Waals surface area contributed by atoms with Gasteiger partial charge in [0.1, 0.15) is 0 Å². The Bertz CT molecular complexity index is 1120. The lowest BCUT2D eigenvalue weighted by atomic mass is 9.77. The predicted octanol–water partition coefficient (Wildman–Crippen LogP) is 8.55. The quantitative estimate of drug-likeness (QED) is 0.289. The molecule has 0 bridgehead atoms. The molecule has 0 nitrogen and oxygen atoms in total. The van der Waals surface area contributed by atoms with Gasteiger partial charge in [-0.2, -0.15) is 0 Å². The molecule has 0 saturated carbocycles. The Labute approximate surface area is 183 Å². The summed E-state index contributed by atoms with van der Waals surface area (Å²) in [5.41, 5.74) is 6.06. The van der Waals surface area contributed by atoms with Gasteiger partial charge >= 0.3 is 0 Å². The van der Waals surface area contributed by atoms with Crippen LogP contribution >= 0.6 is 9.24 Å². The third kappa shape index (κ3) is 3.91. The molecule has 0 amide bonds. The molecule has 1 unspecified atom stereocenters. The smallest absolute Gasteiger partial charge is 0.0240 e. The highest BCUT2D eigenvalue weighted by Crippen LogP contribution is 2.44. The largest absolute Gasteiger partial charge is 0.125 e. The van der Waals surface area contributed by atoms with Crippen LogP contribution < -0.4 is 0 Å². The molecule has 0 spiro atoms. The molecule has 0 aliphatic carbocycles. The normalized spacial score (nSPS) is 12.8. The van der Waals surface area contributed by atoms with Crippen molar-refractivity contribution in [2.45, 2.75) is 58.0 Å². The van der Waals surface area contributed by atoms with Crippen LogP contribution in [-0.2, 0) is 10.8 Å². The fourth-order valence-corrected chi connectivity index (χ4v) is 5.05. The van der Waals surface area contributed by atoms with E-state index in [1.807, 2.05) is 0 Å². The molecule has 0 aromatic heterocycles. The van der Waals surface area contributed by atoms with E-state index in [4.69, 9.17) is 0 Å². The van der Waals surface area contributed by atoms with Gasteiger partial charge in [0.25, 0.3) is 0 Å². The fourth-order valence-electron chi connectivity index (χ4n) is 4.50. The summed E-state index contributed by atoms with van der Waals surface area (Å²) in [4.78, 5) is 0. The van der Waals surface area contributed by atoms with E-state index >= 15 is 0 Å². The summed E-state index contributed by atoms with van der Waals surface area (Å²) in [5, 5.41) is 5.26. The zero-order valence-electron chi connectivity index (χ0n) is 19.1. The maximum absolute atomic E-state index is 3.17. The van der Waals surface area contributed by atoms with E-state index in [9.17, 15) is 0 Å². The first-order chi connectivity index (χ1) is 14.1. The molecule has 4 aromatic rings. The van der Waals surface area contributed by atoms with Gasteiger partial charge in [0.15, 0.2) is 0 Å². The summed E-state index contributed by atoms with van der Waals surface area (Å²) in [5.74, 6) is 0. The molecule has 1 atom stereocenters. The van der Waals surface area contributed by atoms with Crippen molar-refractivity contribution in [3.63, 3.8) is 0 Å². The van der Waals surface area contributed by atoms with Crippen molar-refractivity contribution in [3.8, 4) is 0 Å². The molecule has 1 heteroatoms. The molecule has 0 heterocycles. The average Bonchev–Trinajstić information content (AvgIpc) is 2.70. The lowest BCUT2D eigenvalue weighted by Crippen LogP contribution is -2.18. The predicted molar refractivity (Wildman–Crippen MR) is 137 cm³/mol. The first kappa shape index (κ1) is 21.1. The third-order valence-corrected chi connectivity index (χ3v) is 6.84. The van der Waals surface area contributed by atoms with Gasteiger partial charge in [-0.25, -0.2) is 0 Å². The fraction of sp³-hybridized carbons (Fsp3) is 0.310. The molecule has 4 aromatic carbocycles. The minimum Gasteiger partial charge on any atom is -0.125 e. The van der Waals surface area contributed by atoms with E-state index in [-0.39, 0.29) is 16.5 Å². The van der Waals surface area contributed by atoms with Crippen molar-refractivity contribution >= 4 is 30.8 Å². The minimum atomic E-state index is 0.0763. The van der Waals surface area contributed by atoms with E-state index in [0.29, 0.717) is 0 Å². The number of rotatable bonds is 2. The van der Waals surface area contributed by atoms with Crippen LogP contribution in [0.3, 0.4) is 0 Å². The Balaban J connectivity index is 2.00. The van der Waals surface area contributed by atoms with E-state index in [1.165, 1.54) is 43.8 Å².